The molecule has 3 saturated carbocycles. The molecule has 2 aromatic rings. The molecule has 3 heterocycles. The number of hydrogen-bond donors (Lipinski definition) is 3. The molecule has 3 aliphatic carbocycles. The van der Waals surface area contributed by atoms with E-state index in [9.17, 15) is 41.6 Å². The summed E-state index contributed by atoms with van der Waals surface area (Å²) in [5, 5.41) is 14.5. The number of halogens is 4. The molecule has 3 N–H and O–H groups in total. The van der Waals surface area contributed by atoms with E-state index in [1.165, 1.54) is 31.2 Å². The van der Waals surface area contributed by atoms with E-state index in [1.54, 1.807) is 20.8 Å². The number of amides is 4. The molecule has 4 fully saturated rings. The molecule has 4 amide bonds. The van der Waals surface area contributed by atoms with Gasteiger partial charge in [-0.05, 0) is 92.9 Å². The normalized spacial score (nSPS) is 32.5. The Hall–Kier alpha value is -5.06. The van der Waals surface area contributed by atoms with Gasteiger partial charge >= 0.3 is 12.0 Å². The highest BCUT2D eigenvalue weighted by Crippen LogP contribution is 2.50. The van der Waals surface area contributed by atoms with Crippen molar-refractivity contribution in [3.05, 3.63) is 41.6 Å². The highest BCUT2D eigenvalue weighted by atomic mass is 32.2. The summed E-state index contributed by atoms with van der Waals surface area (Å²) in [5.74, 6) is -9.61. The van der Waals surface area contributed by atoms with Crippen molar-refractivity contribution in [2.75, 3.05) is 6.54 Å². The molecule has 1 saturated heterocycles. The van der Waals surface area contributed by atoms with Gasteiger partial charge in [0.05, 0.1) is 39.9 Å². The standard InChI is InChI=1S/C42H51F4N7O8S/c1-21-15-30-25(22(21)2)9-7-8-12-42(45,46)31-35(49-28-16-23(19-47)10-11-27(28)48-31)60-24-17-29(53(20-24)36(55)32(39(3,4)5)50-38(57)61-30)34(54)51-41(18-26(41)33(43)44)37(56)52-62(58,59)40(6)13-14-40/h8,10-12,16,21-22,24-26,29-30,32-33H,7,9,13-15,17-18,20H2,1-6H3,(H,50,57)(H,51,54)(H,52,56)/b12-8+/t21-,22-,24+,25+,26-,29-,30+,32+,41+/m0/s1. The molecule has 9 atom stereocenters. The van der Waals surface area contributed by atoms with Crippen LogP contribution in [-0.2, 0) is 35.1 Å². The van der Waals surface area contributed by atoms with E-state index in [-0.39, 0.29) is 53.6 Å². The van der Waals surface area contributed by atoms with Crippen molar-refractivity contribution in [2.45, 2.75) is 133 Å². The van der Waals surface area contributed by atoms with E-state index in [0.717, 1.165) is 4.90 Å². The number of nitrogens with zero attached hydrogens (tertiary/aromatic N) is 4. The highest BCUT2D eigenvalue weighted by molar-refractivity contribution is 7.91. The summed E-state index contributed by atoms with van der Waals surface area (Å²) >= 11 is 0. The minimum absolute atomic E-state index is 0.0267. The molecule has 0 unspecified atom stereocenters. The number of benzene rings is 1. The number of nitriles is 1. The van der Waals surface area contributed by atoms with Gasteiger partial charge in [0.25, 0.3) is 5.91 Å². The maximum atomic E-state index is 16.3. The van der Waals surface area contributed by atoms with Crippen LogP contribution in [0.15, 0.2) is 30.4 Å². The van der Waals surface area contributed by atoms with E-state index in [2.05, 4.69) is 20.6 Å². The molecule has 0 spiro atoms. The van der Waals surface area contributed by atoms with E-state index >= 15 is 8.78 Å². The fraction of sp³-hybridized carbons (Fsp3) is 0.643. The van der Waals surface area contributed by atoms with Crippen molar-refractivity contribution >= 4 is 44.9 Å². The van der Waals surface area contributed by atoms with Crippen LogP contribution in [0.25, 0.3) is 11.0 Å². The molecule has 15 nitrogen and oxygen atoms in total. The Morgan fingerprint density at radius 3 is 2.42 bits per heavy atom. The number of allylic oxidation sites excluding steroid dienone is 2. The number of alkyl carbamates (subject to hydrolysis) is 1. The summed E-state index contributed by atoms with van der Waals surface area (Å²) in [6.45, 7) is 9.87. The maximum absolute atomic E-state index is 16.3. The van der Waals surface area contributed by atoms with E-state index in [0.29, 0.717) is 18.9 Å². The SMILES string of the molecule is C[C@@H]1[C@H]2CC/C=C/C(F)(F)c3nc4ccc(C#N)cc4nc3O[C@@H]3C[C@@H](C(=O)N[C@]4(C(=O)NS(=O)(=O)C5(C)CC5)C[C@H]4C(F)F)N(C3)C(=O)[C@H](C(C)(C)C)NC(=O)O[C@@H]2C[C@@H]1C. The lowest BCUT2D eigenvalue weighted by atomic mass is 9.85. The van der Waals surface area contributed by atoms with Gasteiger partial charge in [0.1, 0.15) is 29.8 Å². The van der Waals surface area contributed by atoms with E-state index in [4.69, 9.17) is 9.47 Å². The molecule has 1 aromatic heterocycles. The van der Waals surface area contributed by atoms with Gasteiger partial charge in [-0.1, -0.05) is 40.7 Å². The third kappa shape index (κ3) is 8.52. The Morgan fingerprint density at radius 2 is 1.79 bits per heavy atom. The largest absolute Gasteiger partial charge is 0.471 e. The number of hydrogen-bond acceptors (Lipinski definition) is 11. The number of fused-ring (bicyclic) bond motifs is 5. The average molecular weight is 890 g/mol. The second kappa shape index (κ2) is 15.9. The zero-order valence-corrected chi connectivity index (χ0v) is 36.0. The second-order valence-corrected chi connectivity index (χ2v) is 21.1. The lowest BCUT2D eigenvalue weighted by Crippen LogP contribution is -2.60. The fourth-order valence-electron chi connectivity index (χ4n) is 8.88. The summed E-state index contributed by atoms with van der Waals surface area (Å²) in [6.07, 6.45) is -3.53. The van der Waals surface area contributed by atoms with Crippen LogP contribution in [0.4, 0.5) is 22.4 Å². The molecule has 62 heavy (non-hydrogen) atoms. The topological polar surface area (TPSA) is 210 Å². The predicted molar refractivity (Wildman–Crippen MR) is 214 cm³/mol. The van der Waals surface area contributed by atoms with Gasteiger partial charge in [-0.3, -0.25) is 19.1 Å². The number of sulfonamides is 1. The van der Waals surface area contributed by atoms with Gasteiger partial charge in [-0.2, -0.15) is 14.0 Å². The number of aromatic nitrogens is 2. The summed E-state index contributed by atoms with van der Waals surface area (Å²) in [5.41, 5.74) is -4.09. The molecule has 20 heteroatoms. The van der Waals surface area contributed by atoms with Gasteiger partial charge < -0.3 is 25.0 Å². The van der Waals surface area contributed by atoms with Gasteiger partial charge in [0.15, 0.2) is 5.69 Å². The number of rotatable bonds is 6. The van der Waals surface area contributed by atoms with Crippen LogP contribution in [0.1, 0.15) is 97.7 Å². The highest BCUT2D eigenvalue weighted by Gasteiger charge is 2.67. The Morgan fingerprint density at radius 1 is 1.08 bits per heavy atom. The van der Waals surface area contributed by atoms with Crippen LogP contribution in [0, 0.1) is 40.4 Å². The minimum Gasteiger partial charge on any atom is -0.471 e. The summed E-state index contributed by atoms with van der Waals surface area (Å²) in [7, 11) is -4.32. The first-order chi connectivity index (χ1) is 28.9. The number of carbonyl (C=O) groups excluding carboxylic acids is 4. The first-order valence-corrected chi connectivity index (χ1v) is 22.3. The monoisotopic (exact) mass is 889 g/mol. The van der Waals surface area contributed by atoms with Crippen molar-refractivity contribution in [3.8, 4) is 11.9 Å². The van der Waals surface area contributed by atoms with Crippen LogP contribution < -0.4 is 20.1 Å². The fourth-order valence-corrected chi connectivity index (χ4v) is 10.2. The van der Waals surface area contributed by atoms with Crippen molar-refractivity contribution in [2.24, 2.45) is 29.1 Å². The number of nitrogens with one attached hydrogen (secondary N) is 3. The summed E-state index contributed by atoms with van der Waals surface area (Å²) in [6, 6.07) is 3.04. The van der Waals surface area contributed by atoms with Crippen LogP contribution in [-0.4, -0.2) is 94.6 Å². The predicted octanol–water partition coefficient (Wildman–Crippen LogP) is 5.23. The molecule has 1 aromatic carbocycles. The Balaban J connectivity index is 1.29. The molecule has 0 radical (unpaired) electrons. The van der Waals surface area contributed by atoms with E-state index < -0.39 is 123 Å². The quantitative estimate of drug-likeness (QED) is 0.253. The molecule has 2 aliphatic heterocycles. The van der Waals surface area contributed by atoms with Crippen molar-refractivity contribution in [3.63, 3.8) is 0 Å². The zero-order chi connectivity index (χ0) is 45.3. The molecule has 5 aliphatic rings. The van der Waals surface area contributed by atoms with Crippen LogP contribution in [0.3, 0.4) is 0 Å². The number of ether oxygens (including phenoxy) is 2. The second-order valence-electron chi connectivity index (χ2n) is 18.9. The third-order valence-corrected chi connectivity index (χ3v) is 15.5. The van der Waals surface area contributed by atoms with Crippen molar-refractivity contribution in [1.82, 2.24) is 30.2 Å². The Labute approximate surface area is 356 Å². The first-order valence-electron chi connectivity index (χ1n) is 20.8. The first kappa shape index (κ1) is 45.0. The Bertz CT molecular complexity index is 2350. The van der Waals surface area contributed by atoms with Gasteiger partial charge in [-0.15, -0.1) is 0 Å². The van der Waals surface area contributed by atoms with Gasteiger partial charge in [0.2, 0.25) is 34.1 Å². The van der Waals surface area contributed by atoms with Gasteiger partial charge in [0, 0.05) is 6.42 Å². The van der Waals surface area contributed by atoms with Gasteiger partial charge in [-0.25, -0.2) is 32.0 Å². The average Bonchev–Trinajstić information content (AvgIpc) is 4.06. The molecular weight excluding hydrogens is 839 g/mol. The smallest absolute Gasteiger partial charge is 0.408 e. The third-order valence-electron chi connectivity index (χ3n) is 13.4. The minimum atomic E-state index is -4.32. The lowest BCUT2D eigenvalue weighted by molar-refractivity contribution is -0.143. The summed E-state index contributed by atoms with van der Waals surface area (Å²) < 4.78 is 100.0. The van der Waals surface area contributed by atoms with Crippen LogP contribution in [0.2, 0.25) is 0 Å². The molecular formula is C42H51F4N7O8S. The molecule has 336 valence electrons. The van der Waals surface area contributed by atoms with E-state index in [1.807, 2.05) is 24.6 Å². The van der Waals surface area contributed by atoms with Crippen molar-refractivity contribution in [1.29, 1.82) is 5.26 Å². The molecule has 7 rings (SSSR count). The Kier molecular flexibility index (Phi) is 11.6. The van der Waals surface area contributed by atoms with Crippen molar-refractivity contribution < 1.29 is 54.6 Å². The van der Waals surface area contributed by atoms with Crippen LogP contribution >= 0.6 is 0 Å². The van der Waals surface area contributed by atoms with Crippen LogP contribution in [0.5, 0.6) is 5.88 Å². The zero-order valence-electron chi connectivity index (χ0n) is 35.2. The molecule has 2 bridgehead atoms. The summed E-state index contributed by atoms with van der Waals surface area (Å²) in [4.78, 5) is 66.0. The number of alkyl halides is 4. The number of carbonyl (C=O) groups is 4. The maximum Gasteiger partial charge on any atom is 0.408 e. The lowest BCUT2D eigenvalue weighted by Gasteiger charge is -2.35.